The van der Waals surface area contributed by atoms with E-state index in [0.29, 0.717) is 28.3 Å². The Bertz CT molecular complexity index is 407. The quantitative estimate of drug-likeness (QED) is 0.845. The van der Waals surface area contributed by atoms with Crippen molar-refractivity contribution in [3.63, 3.8) is 0 Å². The number of hydrogen-bond acceptors (Lipinski definition) is 3. The Labute approximate surface area is 116 Å². The average molecular weight is 288 g/mol. The van der Waals surface area contributed by atoms with Crippen LogP contribution in [0, 0.1) is 11.8 Å². The average Bonchev–Trinajstić information content (AvgIpc) is 3.03. The number of carbonyl (C=O) groups excluding carboxylic acids is 1. The minimum Gasteiger partial charge on any atom is -0.495 e. The molecule has 100 valence electrons. The maximum atomic E-state index is 12.0. The van der Waals surface area contributed by atoms with Gasteiger partial charge in [0.2, 0.25) is 0 Å². The molecule has 0 spiro atoms. The molecule has 1 N–H and O–H groups in total. The number of rotatable bonds is 5. The first-order chi connectivity index (χ1) is 8.76. The summed E-state index contributed by atoms with van der Waals surface area (Å²) in [5, 5.41) is 4.86. The fourth-order valence-electron chi connectivity index (χ4n) is 2.51. The summed E-state index contributed by atoms with van der Waals surface area (Å²) >= 11 is 7.34. The van der Waals surface area contributed by atoms with E-state index in [9.17, 15) is 4.79 Å². The van der Waals surface area contributed by atoms with Crippen LogP contribution < -0.4 is 10.1 Å². The molecule has 1 aliphatic carbocycles. The van der Waals surface area contributed by atoms with Crippen LogP contribution in [-0.2, 0) is 0 Å². The number of carbonyl (C=O) groups is 1. The molecule has 0 radical (unpaired) electrons. The van der Waals surface area contributed by atoms with Crippen LogP contribution >= 0.6 is 22.9 Å². The predicted molar refractivity (Wildman–Crippen MR) is 74.8 cm³/mol. The minimum absolute atomic E-state index is 0.0397. The van der Waals surface area contributed by atoms with Crippen molar-refractivity contribution in [3.8, 4) is 5.75 Å². The summed E-state index contributed by atoms with van der Waals surface area (Å²) in [4.78, 5) is 12.7. The van der Waals surface area contributed by atoms with Gasteiger partial charge in [0, 0.05) is 12.4 Å². The Morgan fingerprint density at radius 2 is 2.33 bits per heavy atom. The van der Waals surface area contributed by atoms with E-state index in [-0.39, 0.29) is 5.91 Å². The van der Waals surface area contributed by atoms with Gasteiger partial charge in [-0.3, -0.25) is 4.79 Å². The van der Waals surface area contributed by atoms with Gasteiger partial charge in [-0.2, -0.15) is 0 Å². The van der Waals surface area contributed by atoms with Gasteiger partial charge in [-0.15, -0.1) is 22.9 Å². The molecule has 0 aromatic carbocycles. The van der Waals surface area contributed by atoms with Gasteiger partial charge in [0.1, 0.15) is 10.6 Å². The summed E-state index contributed by atoms with van der Waals surface area (Å²) in [6.07, 6.45) is 3.58. The molecule has 1 saturated carbocycles. The molecule has 0 bridgehead atoms. The lowest BCUT2D eigenvalue weighted by Gasteiger charge is -2.17. The first-order valence-electron chi connectivity index (χ1n) is 6.22. The SMILES string of the molecule is COc1ccsc1C(=O)NCC1CCCC1CCl. The van der Waals surface area contributed by atoms with E-state index in [2.05, 4.69) is 5.32 Å². The summed E-state index contributed by atoms with van der Waals surface area (Å²) in [7, 11) is 1.58. The van der Waals surface area contributed by atoms with Crippen LogP contribution in [0.5, 0.6) is 5.75 Å². The molecule has 1 amide bonds. The van der Waals surface area contributed by atoms with Crippen molar-refractivity contribution in [2.24, 2.45) is 11.8 Å². The van der Waals surface area contributed by atoms with Crippen LogP contribution in [-0.4, -0.2) is 25.4 Å². The lowest BCUT2D eigenvalue weighted by atomic mass is 9.98. The standard InChI is InChI=1S/C13H18ClNO2S/c1-17-11-5-6-18-12(11)13(16)15-8-10-4-2-3-9(10)7-14/h5-6,9-10H,2-4,7-8H2,1H3,(H,15,16). The zero-order valence-electron chi connectivity index (χ0n) is 10.4. The van der Waals surface area contributed by atoms with Gasteiger partial charge in [-0.25, -0.2) is 0 Å². The highest BCUT2D eigenvalue weighted by molar-refractivity contribution is 7.12. The van der Waals surface area contributed by atoms with Crippen LogP contribution in [0.15, 0.2) is 11.4 Å². The summed E-state index contributed by atoms with van der Waals surface area (Å²) in [5.41, 5.74) is 0. The second-order valence-electron chi connectivity index (χ2n) is 4.63. The first-order valence-corrected chi connectivity index (χ1v) is 7.63. The highest BCUT2D eigenvalue weighted by Gasteiger charge is 2.27. The van der Waals surface area contributed by atoms with Gasteiger partial charge in [0.15, 0.2) is 0 Å². The molecule has 1 heterocycles. The first kappa shape index (κ1) is 13.7. The Morgan fingerprint density at radius 1 is 1.56 bits per heavy atom. The monoisotopic (exact) mass is 287 g/mol. The number of nitrogens with one attached hydrogen (secondary N) is 1. The second-order valence-corrected chi connectivity index (χ2v) is 5.86. The minimum atomic E-state index is -0.0397. The molecule has 1 aliphatic rings. The van der Waals surface area contributed by atoms with E-state index in [1.54, 1.807) is 7.11 Å². The molecule has 2 unspecified atom stereocenters. The van der Waals surface area contributed by atoms with Crippen LogP contribution in [0.3, 0.4) is 0 Å². The molecule has 1 aromatic heterocycles. The zero-order chi connectivity index (χ0) is 13.0. The topological polar surface area (TPSA) is 38.3 Å². The van der Waals surface area contributed by atoms with Crippen molar-refractivity contribution in [1.82, 2.24) is 5.32 Å². The highest BCUT2D eigenvalue weighted by atomic mass is 35.5. The number of hydrogen-bond donors (Lipinski definition) is 1. The number of thiophene rings is 1. The van der Waals surface area contributed by atoms with Gasteiger partial charge >= 0.3 is 0 Å². The van der Waals surface area contributed by atoms with Gasteiger partial charge in [0.05, 0.1) is 7.11 Å². The Kier molecular flexibility index (Phi) is 4.89. The summed E-state index contributed by atoms with van der Waals surface area (Å²) in [5.74, 6) is 2.39. The molecule has 0 aliphatic heterocycles. The largest absolute Gasteiger partial charge is 0.495 e. The van der Waals surface area contributed by atoms with Crippen LogP contribution in [0.2, 0.25) is 0 Å². The van der Waals surface area contributed by atoms with E-state index in [1.807, 2.05) is 11.4 Å². The van der Waals surface area contributed by atoms with E-state index in [4.69, 9.17) is 16.3 Å². The van der Waals surface area contributed by atoms with E-state index >= 15 is 0 Å². The number of halogens is 1. The molecular weight excluding hydrogens is 270 g/mol. The molecule has 18 heavy (non-hydrogen) atoms. The Morgan fingerprint density at radius 3 is 3.06 bits per heavy atom. The van der Waals surface area contributed by atoms with Crippen LogP contribution in [0.1, 0.15) is 28.9 Å². The number of alkyl halides is 1. The molecule has 1 fully saturated rings. The predicted octanol–water partition coefficient (Wildman–Crippen LogP) is 3.14. The van der Waals surface area contributed by atoms with Crippen LogP contribution in [0.25, 0.3) is 0 Å². The number of ether oxygens (including phenoxy) is 1. The summed E-state index contributed by atoms with van der Waals surface area (Å²) < 4.78 is 5.15. The molecular formula is C13H18ClNO2S. The summed E-state index contributed by atoms with van der Waals surface area (Å²) in [6, 6.07) is 1.82. The van der Waals surface area contributed by atoms with Crippen molar-refractivity contribution >= 4 is 28.8 Å². The Hall–Kier alpha value is -0.740. The molecule has 0 saturated heterocycles. The van der Waals surface area contributed by atoms with Crippen molar-refractivity contribution < 1.29 is 9.53 Å². The smallest absolute Gasteiger partial charge is 0.265 e. The van der Waals surface area contributed by atoms with E-state index < -0.39 is 0 Å². The van der Waals surface area contributed by atoms with Gasteiger partial charge in [0.25, 0.3) is 5.91 Å². The lowest BCUT2D eigenvalue weighted by molar-refractivity contribution is 0.0946. The Balaban J connectivity index is 1.88. The second kappa shape index (κ2) is 6.43. The maximum absolute atomic E-state index is 12.0. The maximum Gasteiger partial charge on any atom is 0.265 e. The molecule has 5 heteroatoms. The third kappa shape index (κ3) is 2.98. The number of amides is 1. The van der Waals surface area contributed by atoms with E-state index in [0.717, 1.165) is 6.54 Å². The van der Waals surface area contributed by atoms with Crippen molar-refractivity contribution in [2.45, 2.75) is 19.3 Å². The van der Waals surface area contributed by atoms with Gasteiger partial charge in [-0.1, -0.05) is 6.42 Å². The number of methoxy groups -OCH3 is 1. The third-order valence-corrected chi connectivity index (χ3v) is 4.89. The highest BCUT2D eigenvalue weighted by Crippen LogP contribution is 2.32. The zero-order valence-corrected chi connectivity index (χ0v) is 12.0. The van der Waals surface area contributed by atoms with Crippen molar-refractivity contribution in [3.05, 3.63) is 16.3 Å². The molecule has 3 nitrogen and oxygen atoms in total. The van der Waals surface area contributed by atoms with E-state index in [1.165, 1.54) is 30.6 Å². The van der Waals surface area contributed by atoms with Gasteiger partial charge < -0.3 is 10.1 Å². The van der Waals surface area contributed by atoms with Crippen molar-refractivity contribution in [2.75, 3.05) is 19.5 Å². The normalized spacial score (nSPS) is 23.0. The third-order valence-electron chi connectivity index (χ3n) is 3.59. The van der Waals surface area contributed by atoms with Gasteiger partial charge in [-0.05, 0) is 36.1 Å². The lowest BCUT2D eigenvalue weighted by Crippen LogP contribution is -2.30. The summed E-state index contributed by atoms with van der Waals surface area (Å²) in [6.45, 7) is 0.720. The van der Waals surface area contributed by atoms with Crippen molar-refractivity contribution in [1.29, 1.82) is 0 Å². The van der Waals surface area contributed by atoms with Crippen LogP contribution in [0.4, 0.5) is 0 Å². The molecule has 2 rings (SSSR count). The molecule has 1 aromatic rings. The fraction of sp³-hybridized carbons (Fsp3) is 0.615. The molecule has 2 atom stereocenters. The fourth-order valence-corrected chi connectivity index (χ4v) is 3.69.